The minimum absolute atomic E-state index is 0.0980. The fraction of sp³-hybridized carbons (Fsp3) is 0.308. The number of allylic oxidation sites excluding steroid dienone is 1. The lowest BCUT2D eigenvalue weighted by Crippen LogP contribution is -2.39. The van der Waals surface area contributed by atoms with E-state index >= 15 is 0 Å². The molecule has 1 atom stereocenters. The third kappa shape index (κ3) is 5.53. The maximum Gasteiger partial charge on any atom is 0.290 e. The van der Waals surface area contributed by atoms with Gasteiger partial charge in [0.25, 0.3) is 5.91 Å². The lowest BCUT2D eigenvalue weighted by atomic mass is 9.95. The molecule has 0 radical (unpaired) electrons. The Labute approximate surface area is 198 Å². The first kappa shape index (κ1) is 23.2. The zero-order valence-corrected chi connectivity index (χ0v) is 19.1. The molecule has 1 fully saturated rings. The molecule has 0 aromatic heterocycles. The monoisotopic (exact) mass is 466 g/mol. The van der Waals surface area contributed by atoms with Gasteiger partial charge in [-0.2, -0.15) is 0 Å². The number of aliphatic hydroxyl groups excluding tert-OH is 1. The number of morpholine rings is 1. The predicted molar refractivity (Wildman–Crippen MR) is 128 cm³/mol. The Hall–Kier alpha value is -2.93. The number of ether oxygens (including phenoxy) is 1. The summed E-state index contributed by atoms with van der Waals surface area (Å²) in [4.78, 5) is 30.1. The van der Waals surface area contributed by atoms with Crippen LogP contribution in [0.3, 0.4) is 0 Å². The molecule has 2 aromatic rings. The highest BCUT2D eigenvalue weighted by atomic mass is 35.5. The fourth-order valence-corrected chi connectivity index (χ4v) is 4.37. The van der Waals surface area contributed by atoms with Gasteiger partial charge in [-0.1, -0.05) is 60.1 Å². The minimum atomic E-state index is -0.660. The van der Waals surface area contributed by atoms with Gasteiger partial charge < -0.3 is 14.7 Å². The van der Waals surface area contributed by atoms with Crippen molar-refractivity contribution in [2.24, 2.45) is 0 Å². The zero-order valence-electron chi connectivity index (χ0n) is 18.3. The topological polar surface area (TPSA) is 70.1 Å². The van der Waals surface area contributed by atoms with E-state index in [4.69, 9.17) is 16.3 Å². The molecule has 2 heterocycles. The van der Waals surface area contributed by atoms with E-state index in [1.54, 1.807) is 35.2 Å². The third-order valence-corrected chi connectivity index (χ3v) is 6.21. The molecule has 2 aliphatic heterocycles. The summed E-state index contributed by atoms with van der Waals surface area (Å²) in [6.07, 6.45) is 3.83. The first-order valence-corrected chi connectivity index (χ1v) is 11.5. The average Bonchev–Trinajstić information content (AvgIpc) is 3.09. The molecule has 1 saturated heterocycles. The summed E-state index contributed by atoms with van der Waals surface area (Å²) in [5.74, 6) is -1.39. The Bertz CT molecular complexity index is 1040. The van der Waals surface area contributed by atoms with Gasteiger partial charge in [0.2, 0.25) is 0 Å². The molecule has 6 nitrogen and oxygen atoms in total. The Balaban J connectivity index is 1.56. The number of ketones is 1. The number of nitrogens with zero attached hydrogens (tertiary/aromatic N) is 2. The van der Waals surface area contributed by atoms with Crippen LogP contribution in [0.25, 0.3) is 6.08 Å². The summed E-state index contributed by atoms with van der Waals surface area (Å²) < 4.78 is 5.39. The highest BCUT2D eigenvalue weighted by Gasteiger charge is 2.42. The van der Waals surface area contributed by atoms with Crippen LogP contribution in [0.4, 0.5) is 0 Å². The first-order chi connectivity index (χ1) is 16.0. The van der Waals surface area contributed by atoms with Gasteiger partial charge in [-0.25, -0.2) is 0 Å². The van der Waals surface area contributed by atoms with Crippen LogP contribution in [0.2, 0.25) is 5.02 Å². The predicted octanol–water partition coefficient (Wildman–Crippen LogP) is 4.04. The summed E-state index contributed by atoms with van der Waals surface area (Å²) in [6.45, 7) is 4.40. The van der Waals surface area contributed by atoms with Crippen LogP contribution in [-0.2, 0) is 14.3 Å². The van der Waals surface area contributed by atoms with Gasteiger partial charge in [0.15, 0.2) is 11.5 Å². The van der Waals surface area contributed by atoms with Crippen LogP contribution >= 0.6 is 11.6 Å². The molecule has 2 aliphatic rings. The van der Waals surface area contributed by atoms with Gasteiger partial charge in [-0.15, -0.1) is 0 Å². The van der Waals surface area contributed by atoms with Crippen molar-refractivity contribution in [3.63, 3.8) is 0 Å². The first-order valence-electron chi connectivity index (χ1n) is 11.1. The molecule has 1 amide bonds. The Kier molecular flexibility index (Phi) is 7.60. The van der Waals surface area contributed by atoms with E-state index in [-0.39, 0.29) is 11.4 Å². The quantitative estimate of drug-likeness (QED) is 0.594. The Morgan fingerprint density at radius 1 is 1.06 bits per heavy atom. The van der Waals surface area contributed by atoms with Gasteiger partial charge in [0, 0.05) is 31.2 Å². The largest absolute Gasteiger partial charge is 0.503 e. The molecule has 0 bridgehead atoms. The highest BCUT2D eigenvalue weighted by Crippen LogP contribution is 2.38. The van der Waals surface area contributed by atoms with Crippen molar-refractivity contribution >= 4 is 29.4 Å². The van der Waals surface area contributed by atoms with Crippen molar-refractivity contribution in [2.75, 3.05) is 39.4 Å². The number of carbonyl (C=O) groups is 2. The van der Waals surface area contributed by atoms with Gasteiger partial charge in [-0.3, -0.25) is 14.5 Å². The number of halogens is 1. The van der Waals surface area contributed by atoms with Crippen molar-refractivity contribution in [3.05, 3.63) is 88.2 Å². The van der Waals surface area contributed by atoms with Crippen LogP contribution in [0.5, 0.6) is 0 Å². The normalized spacial score (nSPS) is 19.6. The van der Waals surface area contributed by atoms with Crippen molar-refractivity contribution in [2.45, 2.75) is 12.5 Å². The van der Waals surface area contributed by atoms with E-state index in [2.05, 4.69) is 4.90 Å². The summed E-state index contributed by atoms with van der Waals surface area (Å²) in [5.41, 5.74) is 1.70. The summed E-state index contributed by atoms with van der Waals surface area (Å²) >= 11 is 6.06. The molecule has 4 rings (SSSR count). The number of benzene rings is 2. The van der Waals surface area contributed by atoms with E-state index in [0.29, 0.717) is 24.8 Å². The van der Waals surface area contributed by atoms with Crippen LogP contribution in [0, 0.1) is 0 Å². The summed E-state index contributed by atoms with van der Waals surface area (Å²) in [7, 11) is 0. The standard InChI is InChI=1S/C26H27ClN2O4/c27-21-10-8-20(9-11-21)24-23(22(30)12-7-19-5-2-1-3-6-19)25(31)26(32)29(24)14-4-13-28-15-17-33-18-16-28/h1-3,5-12,24,31H,4,13-18H2/b12-7+. The summed E-state index contributed by atoms with van der Waals surface area (Å²) in [6, 6.07) is 15.8. The number of hydrogen-bond donors (Lipinski definition) is 1. The van der Waals surface area contributed by atoms with Crippen LogP contribution < -0.4 is 0 Å². The van der Waals surface area contributed by atoms with Gasteiger partial charge >= 0.3 is 0 Å². The maximum atomic E-state index is 13.2. The summed E-state index contributed by atoms with van der Waals surface area (Å²) in [5, 5.41) is 11.3. The molecule has 0 spiro atoms. The smallest absolute Gasteiger partial charge is 0.290 e. The second-order valence-corrected chi connectivity index (χ2v) is 8.57. The van der Waals surface area contributed by atoms with Crippen LogP contribution in [0.15, 0.2) is 72.0 Å². The van der Waals surface area contributed by atoms with E-state index < -0.39 is 17.7 Å². The van der Waals surface area contributed by atoms with E-state index in [1.807, 2.05) is 30.3 Å². The molecule has 0 saturated carbocycles. The van der Waals surface area contributed by atoms with E-state index in [9.17, 15) is 14.7 Å². The highest BCUT2D eigenvalue weighted by molar-refractivity contribution is 6.30. The number of rotatable bonds is 8. The third-order valence-electron chi connectivity index (χ3n) is 5.96. The molecule has 7 heteroatoms. The SMILES string of the molecule is O=C(/C=C/c1ccccc1)C1=C(O)C(=O)N(CCCN2CCOCC2)C1c1ccc(Cl)cc1. The molecular formula is C26H27ClN2O4. The van der Waals surface area contributed by atoms with E-state index in [1.165, 1.54) is 6.08 Å². The van der Waals surface area contributed by atoms with Gasteiger partial charge in [0.1, 0.15) is 0 Å². The number of hydrogen-bond acceptors (Lipinski definition) is 5. The molecule has 0 aliphatic carbocycles. The second-order valence-electron chi connectivity index (χ2n) is 8.13. The molecule has 172 valence electrons. The van der Waals surface area contributed by atoms with Crippen molar-refractivity contribution in [3.8, 4) is 0 Å². The molecule has 1 N–H and O–H groups in total. The van der Waals surface area contributed by atoms with E-state index in [0.717, 1.165) is 37.2 Å². The van der Waals surface area contributed by atoms with Crippen LogP contribution in [-0.4, -0.2) is 66.0 Å². The van der Waals surface area contributed by atoms with Gasteiger partial charge in [0.05, 0.1) is 24.8 Å². The average molecular weight is 467 g/mol. The maximum absolute atomic E-state index is 13.2. The van der Waals surface area contributed by atoms with Crippen LogP contribution in [0.1, 0.15) is 23.6 Å². The van der Waals surface area contributed by atoms with Crippen molar-refractivity contribution < 1.29 is 19.4 Å². The van der Waals surface area contributed by atoms with Crippen molar-refractivity contribution in [1.29, 1.82) is 0 Å². The minimum Gasteiger partial charge on any atom is -0.503 e. The number of aliphatic hydroxyl groups is 1. The lowest BCUT2D eigenvalue weighted by Gasteiger charge is -2.30. The lowest BCUT2D eigenvalue weighted by molar-refractivity contribution is -0.129. The molecular weight excluding hydrogens is 440 g/mol. The molecule has 1 unspecified atom stereocenters. The van der Waals surface area contributed by atoms with Gasteiger partial charge in [-0.05, 0) is 35.8 Å². The second kappa shape index (κ2) is 10.8. The molecule has 33 heavy (non-hydrogen) atoms. The number of amides is 1. The molecule has 2 aromatic carbocycles. The van der Waals surface area contributed by atoms with Crippen molar-refractivity contribution in [1.82, 2.24) is 9.80 Å². The number of carbonyl (C=O) groups excluding carboxylic acids is 2. The Morgan fingerprint density at radius 3 is 2.45 bits per heavy atom. The Morgan fingerprint density at radius 2 is 1.76 bits per heavy atom. The fourth-order valence-electron chi connectivity index (χ4n) is 4.24. The zero-order chi connectivity index (χ0) is 23.2.